The number of ketones is 1. The highest BCUT2D eigenvalue weighted by molar-refractivity contribution is 6.33. The van der Waals surface area contributed by atoms with Crippen molar-refractivity contribution in [2.24, 2.45) is 0 Å². The Morgan fingerprint density at radius 2 is 2.20 bits per heavy atom. The van der Waals surface area contributed by atoms with Gasteiger partial charge in [0.15, 0.2) is 6.29 Å². The van der Waals surface area contributed by atoms with Crippen LogP contribution in [0.1, 0.15) is 31.8 Å². The van der Waals surface area contributed by atoms with Crippen LogP contribution in [0, 0.1) is 6.92 Å². The summed E-state index contributed by atoms with van der Waals surface area (Å²) >= 11 is 0. The van der Waals surface area contributed by atoms with Gasteiger partial charge in [0.05, 0.1) is 5.56 Å². The van der Waals surface area contributed by atoms with Crippen molar-refractivity contribution in [3.8, 4) is 0 Å². The molecule has 0 spiro atoms. The fourth-order valence-electron chi connectivity index (χ4n) is 1.68. The molecule has 4 heteroatoms. The van der Waals surface area contributed by atoms with Crippen LogP contribution in [0.5, 0.6) is 0 Å². The van der Waals surface area contributed by atoms with Gasteiger partial charge in [-0.3, -0.25) is 9.59 Å². The molecule has 0 radical (unpaired) electrons. The summed E-state index contributed by atoms with van der Waals surface area (Å²) in [5.41, 5.74) is 2.17. The van der Waals surface area contributed by atoms with E-state index in [9.17, 15) is 14.4 Å². The van der Waals surface area contributed by atoms with Crippen molar-refractivity contribution in [1.82, 2.24) is 0 Å². The van der Waals surface area contributed by atoms with Gasteiger partial charge in [-0.1, -0.05) is 0 Å². The molecule has 4 nitrogen and oxygen atoms in total. The molecule has 76 valence electrons. The monoisotopic (exact) mass is 204 g/mol. The zero-order valence-corrected chi connectivity index (χ0v) is 8.07. The van der Waals surface area contributed by atoms with Gasteiger partial charge in [-0.25, -0.2) is 4.79 Å². The van der Waals surface area contributed by atoms with E-state index in [-0.39, 0.29) is 18.9 Å². The van der Waals surface area contributed by atoms with E-state index in [1.54, 1.807) is 6.92 Å². The number of rotatable bonds is 2. The topological polar surface area (TPSA) is 60.4 Å². The normalized spacial score (nSPS) is 13.3. The van der Waals surface area contributed by atoms with Crippen LogP contribution in [0.25, 0.3) is 0 Å². The average molecular weight is 204 g/mol. The van der Waals surface area contributed by atoms with Gasteiger partial charge in [0.25, 0.3) is 0 Å². The number of hydrogen-bond donors (Lipinski definition) is 0. The van der Waals surface area contributed by atoms with Crippen LogP contribution in [0.3, 0.4) is 0 Å². The molecule has 0 aromatic heterocycles. The minimum Gasteiger partial charge on any atom is -0.457 e. The van der Waals surface area contributed by atoms with E-state index in [2.05, 4.69) is 0 Å². The molecular formula is C11H8O4. The van der Waals surface area contributed by atoms with Gasteiger partial charge in [-0.2, -0.15) is 0 Å². The van der Waals surface area contributed by atoms with Crippen LogP contribution in [-0.2, 0) is 16.1 Å². The van der Waals surface area contributed by atoms with Crippen LogP contribution >= 0.6 is 0 Å². The third-order valence-electron chi connectivity index (χ3n) is 2.54. The molecule has 0 bridgehead atoms. The van der Waals surface area contributed by atoms with Crippen molar-refractivity contribution in [1.29, 1.82) is 0 Å². The lowest BCUT2D eigenvalue weighted by atomic mass is 9.97. The number of fused-ring (bicyclic) bond motifs is 1. The molecule has 1 aromatic carbocycles. The van der Waals surface area contributed by atoms with E-state index >= 15 is 0 Å². The second-order valence-electron chi connectivity index (χ2n) is 3.32. The third-order valence-corrected chi connectivity index (χ3v) is 2.54. The first-order chi connectivity index (χ1) is 7.15. The molecule has 0 aliphatic carbocycles. The maximum Gasteiger partial charge on any atom is 0.338 e. The molecule has 1 heterocycles. The number of benzene rings is 1. The summed E-state index contributed by atoms with van der Waals surface area (Å²) in [6, 6.07) is 3.01. The third kappa shape index (κ3) is 1.34. The van der Waals surface area contributed by atoms with Gasteiger partial charge in [-0.15, -0.1) is 0 Å². The smallest absolute Gasteiger partial charge is 0.338 e. The van der Waals surface area contributed by atoms with Gasteiger partial charge in [0.1, 0.15) is 6.61 Å². The Labute approximate surface area is 85.8 Å². The molecule has 0 amide bonds. The van der Waals surface area contributed by atoms with Crippen molar-refractivity contribution < 1.29 is 19.1 Å². The fraction of sp³-hybridized carbons (Fsp3) is 0.182. The Balaban J connectivity index is 2.60. The standard InChI is InChI=1S/C11H8O4/c1-6-7(10(13)4-12)2-3-8-9(6)5-15-11(8)14/h2-4H,5H2,1H3. The quantitative estimate of drug-likeness (QED) is 0.312. The van der Waals surface area contributed by atoms with Crippen LogP contribution in [0.2, 0.25) is 0 Å². The molecule has 0 saturated carbocycles. The SMILES string of the molecule is Cc1c(C(=O)C=O)ccc2c1COC2=O. The van der Waals surface area contributed by atoms with Crippen LogP contribution in [0.4, 0.5) is 0 Å². The van der Waals surface area contributed by atoms with Crippen molar-refractivity contribution in [2.45, 2.75) is 13.5 Å². The van der Waals surface area contributed by atoms with Gasteiger partial charge >= 0.3 is 5.97 Å². The second kappa shape index (κ2) is 3.31. The maximum atomic E-state index is 11.2. The molecule has 1 aromatic rings. The zero-order chi connectivity index (χ0) is 11.0. The highest BCUT2D eigenvalue weighted by Gasteiger charge is 2.25. The van der Waals surface area contributed by atoms with E-state index < -0.39 is 5.78 Å². The number of carbonyl (C=O) groups is 3. The lowest BCUT2D eigenvalue weighted by Crippen LogP contribution is -2.05. The summed E-state index contributed by atoms with van der Waals surface area (Å²) in [6.07, 6.45) is 0.270. The fourth-order valence-corrected chi connectivity index (χ4v) is 1.68. The average Bonchev–Trinajstić information content (AvgIpc) is 2.61. The largest absolute Gasteiger partial charge is 0.457 e. The molecule has 0 fully saturated rings. The second-order valence-corrected chi connectivity index (χ2v) is 3.32. The molecule has 0 N–H and O–H groups in total. The van der Waals surface area contributed by atoms with E-state index in [1.165, 1.54) is 12.1 Å². The molecule has 0 saturated heterocycles. The summed E-state index contributed by atoms with van der Waals surface area (Å²) in [5.74, 6) is -0.951. The summed E-state index contributed by atoms with van der Waals surface area (Å²) in [6.45, 7) is 1.89. The Kier molecular flexibility index (Phi) is 2.11. The van der Waals surface area contributed by atoms with Crippen LogP contribution in [-0.4, -0.2) is 18.0 Å². The molecule has 0 atom stereocenters. The van der Waals surface area contributed by atoms with E-state index in [0.717, 1.165) is 0 Å². The van der Waals surface area contributed by atoms with Crippen molar-refractivity contribution in [2.75, 3.05) is 0 Å². The molecule has 0 unspecified atom stereocenters. The number of ether oxygens (including phenoxy) is 1. The number of carbonyl (C=O) groups excluding carboxylic acids is 3. The number of cyclic esters (lactones) is 1. The maximum absolute atomic E-state index is 11.2. The molecule has 2 rings (SSSR count). The van der Waals surface area contributed by atoms with E-state index in [0.29, 0.717) is 22.3 Å². The molecule has 1 aliphatic rings. The number of hydrogen-bond acceptors (Lipinski definition) is 4. The summed E-state index contributed by atoms with van der Waals surface area (Å²) in [5, 5.41) is 0. The Hall–Kier alpha value is -1.97. The number of Topliss-reactive ketones (excluding diaryl/α,β-unsaturated/α-hetero) is 1. The molecular weight excluding hydrogens is 196 g/mol. The van der Waals surface area contributed by atoms with Crippen LogP contribution in [0.15, 0.2) is 12.1 Å². The van der Waals surface area contributed by atoms with Gasteiger partial charge in [0, 0.05) is 11.1 Å². The molecule has 15 heavy (non-hydrogen) atoms. The van der Waals surface area contributed by atoms with Gasteiger partial charge in [-0.05, 0) is 24.6 Å². The minimum absolute atomic E-state index is 0.181. The number of esters is 1. The van der Waals surface area contributed by atoms with Gasteiger partial charge in [0.2, 0.25) is 5.78 Å². The van der Waals surface area contributed by atoms with Gasteiger partial charge < -0.3 is 4.74 Å². The van der Waals surface area contributed by atoms with Crippen LogP contribution < -0.4 is 0 Å². The van der Waals surface area contributed by atoms with Crippen molar-refractivity contribution in [3.63, 3.8) is 0 Å². The first-order valence-corrected chi connectivity index (χ1v) is 4.44. The highest BCUT2D eigenvalue weighted by Crippen LogP contribution is 2.25. The Morgan fingerprint density at radius 1 is 1.47 bits per heavy atom. The summed E-state index contributed by atoms with van der Waals surface area (Å²) < 4.78 is 4.83. The lowest BCUT2D eigenvalue weighted by molar-refractivity contribution is -0.104. The first kappa shape index (κ1) is 9.58. The Morgan fingerprint density at radius 3 is 2.87 bits per heavy atom. The van der Waals surface area contributed by atoms with Crippen molar-refractivity contribution >= 4 is 18.0 Å². The first-order valence-electron chi connectivity index (χ1n) is 4.44. The molecule has 1 aliphatic heterocycles. The van der Waals surface area contributed by atoms with E-state index in [1.807, 2.05) is 0 Å². The minimum atomic E-state index is -0.574. The zero-order valence-electron chi connectivity index (χ0n) is 8.07. The summed E-state index contributed by atoms with van der Waals surface area (Å²) in [4.78, 5) is 32.8. The number of aldehydes is 1. The predicted octanol–water partition coefficient (Wildman–Crippen LogP) is 1.05. The highest BCUT2D eigenvalue weighted by atomic mass is 16.5. The van der Waals surface area contributed by atoms with E-state index in [4.69, 9.17) is 4.74 Å². The summed E-state index contributed by atoms with van der Waals surface area (Å²) in [7, 11) is 0. The Bertz CT molecular complexity index is 474. The predicted molar refractivity (Wildman–Crippen MR) is 50.7 cm³/mol. The van der Waals surface area contributed by atoms with Crippen molar-refractivity contribution in [3.05, 3.63) is 34.4 Å². The lowest BCUT2D eigenvalue weighted by Gasteiger charge is -2.04.